The molecular formula is C30H24F5N5O6S. The molecule has 0 radical (unpaired) electrons. The maximum Gasteiger partial charge on any atom is 0.490 e. The number of pyridine rings is 1. The third kappa shape index (κ3) is 7.94. The van der Waals surface area contributed by atoms with Crippen molar-refractivity contribution in [3.05, 3.63) is 98.5 Å². The Balaban J connectivity index is 0.000000644. The number of aryl methyl sites for hydroxylation is 1. The minimum atomic E-state index is -5.08. The number of alkyl halides is 3. The number of para-hydroxylation sites is 1. The zero-order valence-corrected chi connectivity index (χ0v) is 24.9. The monoisotopic (exact) mass is 677 g/mol. The minimum Gasteiger partial charge on any atom is -0.475 e. The summed E-state index contributed by atoms with van der Waals surface area (Å²) in [6.45, 7) is 0.901. The molecule has 0 aliphatic carbocycles. The fraction of sp³-hybridized carbons (Fsp3) is 0.167. The van der Waals surface area contributed by atoms with Crippen LogP contribution in [0.3, 0.4) is 0 Å². The van der Waals surface area contributed by atoms with Crippen LogP contribution in [-0.2, 0) is 4.79 Å². The van der Waals surface area contributed by atoms with Gasteiger partial charge in [0.1, 0.15) is 17.3 Å². The SMILES string of the molecule is Cc1ccc(NC(=O)c2cccs2)cc1-c1nc(NC(CO)CO)nc2c1ccc(=O)n2-c1c(F)cccc1F.O=C(O)C(F)(F)F. The molecule has 1 amide bonds. The van der Waals surface area contributed by atoms with Gasteiger partial charge in [-0.3, -0.25) is 14.2 Å². The topological polar surface area (TPSA) is 167 Å². The largest absolute Gasteiger partial charge is 0.490 e. The normalized spacial score (nSPS) is 11.3. The maximum absolute atomic E-state index is 14.9. The summed E-state index contributed by atoms with van der Waals surface area (Å²) in [5.74, 6) is -5.09. The summed E-state index contributed by atoms with van der Waals surface area (Å²) in [6, 6.07) is 13.7. The number of halogens is 5. The molecule has 47 heavy (non-hydrogen) atoms. The molecule has 17 heteroatoms. The first-order chi connectivity index (χ1) is 22.2. The molecule has 3 heterocycles. The lowest BCUT2D eigenvalue weighted by atomic mass is 10.0. The van der Waals surface area contributed by atoms with Crippen LogP contribution in [0.2, 0.25) is 0 Å². The average molecular weight is 678 g/mol. The Morgan fingerprint density at radius 3 is 2.21 bits per heavy atom. The van der Waals surface area contributed by atoms with Crippen LogP contribution >= 0.6 is 11.3 Å². The van der Waals surface area contributed by atoms with Gasteiger partial charge in [0.25, 0.3) is 11.5 Å². The fourth-order valence-electron chi connectivity index (χ4n) is 4.19. The summed E-state index contributed by atoms with van der Waals surface area (Å²) in [7, 11) is 0. The fourth-order valence-corrected chi connectivity index (χ4v) is 4.81. The van der Waals surface area contributed by atoms with Crippen LogP contribution in [0.15, 0.2) is 70.8 Å². The second kappa shape index (κ2) is 14.4. The molecule has 0 unspecified atom stereocenters. The van der Waals surface area contributed by atoms with Crippen LogP contribution in [0.25, 0.3) is 28.0 Å². The summed E-state index contributed by atoms with van der Waals surface area (Å²) < 4.78 is 62.3. The van der Waals surface area contributed by atoms with Crippen molar-refractivity contribution < 1.29 is 46.9 Å². The van der Waals surface area contributed by atoms with Crippen LogP contribution in [0, 0.1) is 18.6 Å². The summed E-state index contributed by atoms with van der Waals surface area (Å²) in [5, 5.41) is 34.1. The summed E-state index contributed by atoms with van der Waals surface area (Å²) in [5.41, 5.74) is 0.601. The highest BCUT2D eigenvalue weighted by molar-refractivity contribution is 7.12. The van der Waals surface area contributed by atoms with Crippen LogP contribution in [0.1, 0.15) is 15.2 Å². The first kappa shape index (κ1) is 34.6. The zero-order chi connectivity index (χ0) is 34.5. The molecule has 0 aliphatic heterocycles. The van der Waals surface area contributed by atoms with Gasteiger partial charge in [0.05, 0.1) is 29.8 Å². The number of amides is 1. The Morgan fingerprint density at radius 2 is 1.64 bits per heavy atom. The molecule has 0 spiro atoms. The Bertz CT molecular complexity index is 1960. The number of benzene rings is 2. The van der Waals surface area contributed by atoms with Gasteiger partial charge >= 0.3 is 12.1 Å². The number of rotatable bonds is 8. The second-order valence-corrected chi connectivity index (χ2v) is 10.6. The van der Waals surface area contributed by atoms with Crippen molar-refractivity contribution in [1.82, 2.24) is 14.5 Å². The number of aliphatic carboxylic acids is 1. The standard InChI is InChI=1S/C28H23F2N5O4S.C2HF3O2/c1-15-7-8-16(31-27(39)22-6-3-11-40-22)12-19(15)24-18-9-10-23(38)35(25-20(29)4-2-5-21(25)30)26(18)34-28(33-24)32-17(13-36)14-37;3-2(4,5)1(6)7/h2-12,17,36-37H,13-14H2,1H3,(H,31,39)(H,32,33,34);(H,6,7). The van der Waals surface area contributed by atoms with Gasteiger partial charge in [0.15, 0.2) is 5.65 Å². The number of nitrogens with zero attached hydrogens (tertiary/aromatic N) is 3. The first-order valence-corrected chi connectivity index (χ1v) is 14.3. The van der Waals surface area contributed by atoms with Gasteiger partial charge in [-0.15, -0.1) is 11.3 Å². The van der Waals surface area contributed by atoms with E-state index in [1.165, 1.54) is 23.5 Å². The van der Waals surface area contributed by atoms with Crippen LogP contribution in [0.5, 0.6) is 0 Å². The summed E-state index contributed by atoms with van der Waals surface area (Å²) in [4.78, 5) is 44.1. The molecule has 3 aromatic heterocycles. The van der Waals surface area contributed by atoms with Crippen molar-refractivity contribution >= 4 is 45.9 Å². The molecule has 0 atom stereocenters. The lowest BCUT2D eigenvalue weighted by Gasteiger charge is -2.18. The number of carbonyl (C=O) groups is 2. The van der Waals surface area contributed by atoms with Crippen molar-refractivity contribution in [2.75, 3.05) is 23.8 Å². The molecular weight excluding hydrogens is 653 g/mol. The van der Waals surface area contributed by atoms with Gasteiger partial charge in [0, 0.05) is 22.7 Å². The van der Waals surface area contributed by atoms with Crippen molar-refractivity contribution in [2.24, 2.45) is 0 Å². The smallest absolute Gasteiger partial charge is 0.475 e. The maximum atomic E-state index is 14.9. The Kier molecular flexibility index (Phi) is 10.6. The van der Waals surface area contributed by atoms with E-state index in [9.17, 15) is 41.8 Å². The van der Waals surface area contributed by atoms with E-state index < -0.39 is 54.3 Å². The predicted octanol–water partition coefficient (Wildman–Crippen LogP) is 4.75. The number of nitrogens with one attached hydrogen (secondary N) is 2. The number of aliphatic hydroxyl groups is 2. The molecule has 0 saturated heterocycles. The van der Waals surface area contributed by atoms with E-state index >= 15 is 0 Å². The number of fused-ring (bicyclic) bond motifs is 1. The van der Waals surface area contributed by atoms with E-state index in [-0.39, 0.29) is 23.2 Å². The molecule has 5 N–H and O–H groups in total. The number of aliphatic hydroxyl groups excluding tert-OH is 2. The molecule has 5 rings (SSSR count). The Labute approximate surface area is 265 Å². The molecule has 11 nitrogen and oxygen atoms in total. The highest BCUT2D eigenvalue weighted by atomic mass is 32.1. The summed E-state index contributed by atoms with van der Waals surface area (Å²) >= 11 is 1.30. The number of anilines is 2. The van der Waals surface area contributed by atoms with Crippen molar-refractivity contribution in [1.29, 1.82) is 0 Å². The number of carbonyl (C=O) groups excluding carboxylic acids is 1. The number of aromatic nitrogens is 3. The first-order valence-electron chi connectivity index (χ1n) is 13.4. The number of hydrogen-bond donors (Lipinski definition) is 5. The predicted molar refractivity (Wildman–Crippen MR) is 163 cm³/mol. The van der Waals surface area contributed by atoms with Crippen LogP contribution in [0.4, 0.5) is 33.6 Å². The molecule has 0 bridgehead atoms. The van der Waals surface area contributed by atoms with Gasteiger partial charge in [0.2, 0.25) is 5.95 Å². The summed E-state index contributed by atoms with van der Waals surface area (Å²) in [6.07, 6.45) is -5.08. The van der Waals surface area contributed by atoms with Crippen LogP contribution < -0.4 is 16.2 Å². The minimum absolute atomic E-state index is 0.0980. The Hall–Kier alpha value is -5.26. The lowest BCUT2D eigenvalue weighted by molar-refractivity contribution is -0.192. The third-order valence-corrected chi connectivity index (χ3v) is 7.29. The van der Waals surface area contributed by atoms with Gasteiger partial charge in [-0.05, 0) is 54.3 Å². The molecule has 2 aromatic carbocycles. The highest BCUT2D eigenvalue weighted by Gasteiger charge is 2.38. The van der Waals surface area contributed by atoms with Gasteiger partial charge < -0.3 is 26.0 Å². The molecule has 0 aliphatic rings. The van der Waals surface area contributed by atoms with E-state index in [0.717, 1.165) is 28.3 Å². The van der Waals surface area contributed by atoms with Gasteiger partial charge in [-0.25, -0.2) is 18.6 Å². The molecule has 0 fully saturated rings. The van der Waals surface area contributed by atoms with E-state index in [1.54, 1.807) is 35.7 Å². The Morgan fingerprint density at radius 1 is 0.979 bits per heavy atom. The highest BCUT2D eigenvalue weighted by Crippen LogP contribution is 2.33. The number of carboxylic acids is 1. The lowest BCUT2D eigenvalue weighted by Crippen LogP contribution is -2.29. The molecule has 0 saturated carbocycles. The van der Waals surface area contributed by atoms with E-state index in [1.807, 2.05) is 6.92 Å². The van der Waals surface area contributed by atoms with E-state index in [4.69, 9.17) is 9.90 Å². The number of carboxylic acid groups (broad SMARTS) is 1. The van der Waals surface area contributed by atoms with Crippen molar-refractivity contribution in [3.8, 4) is 16.9 Å². The van der Waals surface area contributed by atoms with Crippen molar-refractivity contribution in [2.45, 2.75) is 19.1 Å². The average Bonchev–Trinajstić information content (AvgIpc) is 3.57. The van der Waals surface area contributed by atoms with E-state index in [0.29, 0.717) is 21.5 Å². The van der Waals surface area contributed by atoms with Crippen molar-refractivity contribution in [3.63, 3.8) is 0 Å². The third-order valence-electron chi connectivity index (χ3n) is 6.42. The van der Waals surface area contributed by atoms with E-state index in [2.05, 4.69) is 20.6 Å². The van der Waals surface area contributed by atoms with Gasteiger partial charge in [-0.1, -0.05) is 18.2 Å². The second-order valence-electron chi connectivity index (χ2n) is 9.68. The number of hydrogen-bond acceptors (Lipinski definition) is 9. The zero-order valence-electron chi connectivity index (χ0n) is 24.0. The molecule has 5 aromatic rings. The number of thiophene rings is 1. The molecule has 246 valence electrons. The van der Waals surface area contributed by atoms with Crippen LogP contribution in [-0.4, -0.2) is 67.2 Å². The quantitative estimate of drug-likeness (QED) is 0.146. The van der Waals surface area contributed by atoms with Gasteiger partial charge in [-0.2, -0.15) is 18.2 Å².